The highest BCUT2D eigenvalue weighted by Gasteiger charge is 2.30. The first-order chi connectivity index (χ1) is 17.0. The molecule has 1 aliphatic rings. The number of nitrogens with zero attached hydrogens (tertiary/aromatic N) is 4. The van der Waals surface area contributed by atoms with Gasteiger partial charge >= 0.3 is 0 Å². The number of halogens is 1. The topological polar surface area (TPSA) is 129 Å². The van der Waals surface area contributed by atoms with Gasteiger partial charge in [-0.2, -0.15) is 10.5 Å². The van der Waals surface area contributed by atoms with Crippen LogP contribution in [-0.2, 0) is 10.5 Å². The van der Waals surface area contributed by atoms with Gasteiger partial charge in [-0.05, 0) is 49.3 Å². The van der Waals surface area contributed by atoms with Crippen molar-refractivity contribution in [2.45, 2.75) is 48.5 Å². The van der Waals surface area contributed by atoms with Gasteiger partial charge in [0, 0.05) is 21.7 Å². The molecule has 0 atom stereocenters. The molecule has 180 valence electrons. The molecular weight excluding hydrogens is 502 g/mol. The number of aromatic nitrogens is 2. The number of nitrogen functional groups attached to an aromatic ring is 1. The van der Waals surface area contributed by atoms with E-state index >= 15 is 0 Å². The van der Waals surface area contributed by atoms with Crippen LogP contribution in [0.3, 0.4) is 0 Å². The Bertz CT molecular complexity index is 1260. The number of pyridine rings is 1. The Morgan fingerprint density at radius 1 is 1.11 bits per heavy atom. The van der Waals surface area contributed by atoms with E-state index in [1.807, 2.05) is 29.6 Å². The van der Waals surface area contributed by atoms with Crippen molar-refractivity contribution >= 4 is 40.5 Å². The summed E-state index contributed by atoms with van der Waals surface area (Å²) in [5.41, 5.74) is 9.48. The number of hydrogen-bond donors (Lipinski definition) is 2. The largest absolute Gasteiger partial charge is 0.394 e. The van der Waals surface area contributed by atoms with Crippen molar-refractivity contribution in [3.8, 4) is 22.7 Å². The summed E-state index contributed by atoms with van der Waals surface area (Å²) in [6.45, 7) is 0.320. The van der Waals surface area contributed by atoms with E-state index in [9.17, 15) is 10.5 Å². The number of ether oxygens (including phenoxy) is 1. The number of nitrogens with two attached hydrogens (primary N) is 1. The lowest BCUT2D eigenvalue weighted by Gasteiger charge is -2.30. The first-order valence-corrected chi connectivity index (χ1v) is 13.5. The fraction of sp³-hybridized carbons (Fsp3) is 0.360. The van der Waals surface area contributed by atoms with Gasteiger partial charge in [-0.3, -0.25) is 0 Å². The van der Waals surface area contributed by atoms with Crippen molar-refractivity contribution in [1.29, 1.82) is 10.5 Å². The van der Waals surface area contributed by atoms with E-state index in [1.54, 1.807) is 11.3 Å². The molecule has 0 spiro atoms. The Morgan fingerprint density at radius 3 is 2.49 bits per heavy atom. The number of rotatable bonds is 8. The number of hydrogen-bond acceptors (Lipinski definition) is 9. The SMILES string of the molecule is N#Cc1c(N)nc(SCc2csc(-c3ccc(Cl)cc3)n2)c(C#N)c1[C@H]1CC[C@@H](OCCO)CC1. The molecule has 2 aromatic heterocycles. The number of anilines is 1. The first-order valence-electron chi connectivity index (χ1n) is 11.2. The molecular formula is C25H24ClN5O2S2. The Balaban J connectivity index is 1.54. The predicted molar refractivity (Wildman–Crippen MR) is 138 cm³/mol. The van der Waals surface area contributed by atoms with Crippen molar-refractivity contribution in [2.24, 2.45) is 0 Å². The Hall–Kier alpha value is -2.66. The van der Waals surface area contributed by atoms with Crippen LogP contribution < -0.4 is 5.73 Å². The zero-order chi connectivity index (χ0) is 24.8. The average molecular weight is 526 g/mol. The van der Waals surface area contributed by atoms with Gasteiger partial charge in [-0.15, -0.1) is 11.3 Å². The van der Waals surface area contributed by atoms with E-state index in [-0.39, 0.29) is 24.4 Å². The predicted octanol–water partition coefficient (Wildman–Crippen LogP) is 5.51. The lowest BCUT2D eigenvalue weighted by atomic mass is 9.79. The molecule has 1 aliphatic carbocycles. The van der Waals surface area contributed by atoms with Gasteiger partial charge in [-0.25, -0.2) is 9.97 Å². The molecule has 0 amide bonds. The minimum absolute atomic E-state index is 0.00125. The number of aliphatic hydroxyl groups is 1. The molecule has 0 saturated heterocycles. The minimum Gasteiger partial charge on any atom is -0.394 e. The molecule has 1 aromatic carbocycles. The maximum Gasteiger partial charge on any atom is 0.143 e. The van der Waals surface area contributed by atoms with Crippen LogP contribution in [0.1, 0.15) is 54.0 Å². The molecule has 0 bridgehead atoms. The molecule has 7 nitrogen and oxygen atoms in total. The number of thioether (sulfide) groups is 1. The third-order valence-corrected chi connectivity index (χ3v) is 8.18. The van der Waals surface area contributed by atoms with Crippen molar-refractivity contribution in [3.63, 3.8) is 0 Å². The summed E-state index contributed by atoms with van der Waals surface area (Å²) < 4.78 is 5.67. The Morgan fingerprint density at radius 2 is 1.83 bits per heavy atom. The molecule has 3 N–H and O–H groups in total. The van der Waals surface area contributed by atoms with E-state index in [0.717, 1.165) is 41.9 Å². The molecule has 2 heterocycles. The summed E-state index contributed by atoms with van der Waals surface area (Å²) in [4.78, 5) is 9.13. The van der Waals surface area contributed by atoms with Gasteiger partial charge in [0.1, 0.15) is 28.0 Å². The van der Waals surface area contributed by atoms with Gasteiger partial charge in [0.25, 0.3) is 0 Å². The van der Waals surface area contributed by atoms with E-state index in [4.69, 9.17) is 32.2 Å². The minimum atomic E-state index is -0.00125. The summed E-state index contributed by atoms with van der Waals surface area (Å²) in [7, 11) is 0. The molecule has 4 rings (SSSR count). The maximum absolute atomic E-state index is 10.1. The van der Waals surface area contributed by atoms with Crippen LogP contribution in [0, 0.1) is 22.7 Å². The van der Waals surface area contributed by atoms with Crippen molar-refractivity contribution < 1.29 is 9.84 Å². The van der Waals surface area contributed by atoms with Gasteiger partial charge in [0.05, 0.1) is 36.1 Å². The van der Waals surface area contributed by atoms with Crippen LogP contribution in [0.2, 0.25) is 5.02 Å². The van der Waals surface area contributed by atoms with Crippen LogP contribution in [0.15, 0.2) is 34.7 Å². The zero-order valence-corrected chi connectivity index (χ0v) is 21.3. The summed E-state index contributed by atoms with van der Waals surface area (Å²) >= 11 is 8.93. The van der Waals surface area contributed by atoms with Crippen LogP contribution in [0.5, 0.6) is 0 Å². The molecule has 1 fully saturated rings. The van der Waals surface area contributed by atoms with Crippen LogP contribution in [0.4, 0.5) is 5.82 Å². The molecule has 0 radical (unpaired) electrons. The molecule has 10 heteroatoms. The molecule has 3 aromatic rings. The second kappa shape index (κ2) is 11.9. The van der Waals surface area contributed by atoms with Crippen LogP contribution >= 0.6 is 34.7 Å². The number of nitriles is 2. The summed E-state index contributed by atoms with van der Waals surface area (Å²) in [5.74, 6) is 0.717. The summed E-state index contributed by atoms with van der Waals surface area (Å²) in [5, 5.41) is 32.9. The van der Waals surface area contributed by atoms with E-state index < -0.39 is 0 Å². The van der Waals surface area contributed by atoms with Gasteiger partial charge < -0.3 is 15.6 Å². The third-order valence-electron chi connectivity index (χ3n) is 5.98. The monoisotopic (exact) mass is 525 g/mol. The summed E-state index contributed by atoms with van der Waals surface area (Å²) in [6.07, 6.45) is 3.25. The fourth-order valence-corrected chi connectivity index (χ4v) is 6.27. The molecule has 35 heavy (non-hydrogen) atoms. The highest BCUT2D eigenvalue weighted by Crippen LogP contribution is 2.41. The quantitative estimate of drug-likeness (QED) is 0.368. The Labute approximate surface area is 217 Å². The lowest BCUT2D eigenvalue weighted by Crippen LogP contribution is -2.23. The standard InChI is InChI=1S/C25H24ClN5O2S2/c26-17-5-1-16(2-6-17)24-30-18(13-34-24)14-35-25-21(12-28)22(20(11-27)23(29)31-25)15-3-7-19(8-4-15)33-10-9-32/h1-2,5-6,13,15,19,32H,3-4,7-10,14H2,(H2,29,31)/t15-,19+. The zero-order valence-electron chi connectivity index (χ0n) is 18.9. The Kier molecular flexibility index (Phi) is 8.61. The smallest absolute Gasteiger partial charge is 0.143 e. The second-order valence-corrected chi connectivity index (χ2v) is 10.5. The number of benzene rings is 1. The molecule has 0 aliphatic heterocycles. The summed E-state index contributed by atoms with van der Waals surface area (Å²) in [6, 6.07) is 12.0. The first kappa shape index (κ1) is 25.4. The normalized spacial score (nSPS) is 17.6. The van der Waals surface area contributed by atoms with Gasteiger partial charge in [-0.1, -0.05) is 35.5 Å². The fourth-order valence-electron chi connectivity index (χ4n) is 4.32. The third kappa shape index (κ3) is 5.95. The van der Waals surface area contributed by atoms with Crippen molar-refractivity contribution in [2.75, 3.05) is 18.9 Å². The van der Waals surface area contributed by atoms with Crippen molar-refractivity contribution in [1.82, 2.24) is 9.97 Å². The second-order valence-electron chi connectivity index (χ2n) is 8.20. The van der Waals surface area contributed by atoms with E-state index in [1.165, 1.54) is 11.8 Å². The highest BCUT2D eigenvalue weighted by molar-refractivity contribution is 7.98. The lowest BCUT2D eigenvalue weighted by molar-refractivity contribution is 0.00577. The average Bonchev–Trinajstić information content (AvgIpc) is 3.35. The number of aliphatic hydroxyl groups excluding tert-OH is 1. The van der Waals surface area contributed by atoms with Crippen LogP contribution in [-0.4, -0.2) is 34.4 Å². The van der Waals surface area contributed by atoms with Gasteiger partial charge in [0.15, 0.2) is 0 Å². The van der Waals surface area contributed by atoms with Crippen LogP contribution in [0.25, 0.3) is 10.6 Å². The highest BCUT2D eigenvalue weighted by atomic mass is 35.5. The van der Waals surface area contributed by atoms with E-state index in [0.29, 0.717) is 39.1 Å². The molecule has 0 unspecified atom stereocenters. The maximum atomic E-state index is 10.1. The van der Waals surface area contributed by atoms with E-state index in [2.05, 4.69) is 17.1 Å². The van der Waals surface area contributed by atoms with Gasteiger partial charge in [0.2, 0.25) is 0 Å². The number of thiazole rings is 1. The van der Waals surface area contributed by atoms with Crippen molar-refractivity contribution in [3.05, 3.63) is 57.1 Å². The molecule has 1 saturated carbocycles.